The third-order valence-electron chi connectivity index (χ3n) is 1.93. The first kappa shape index (κ1) is 14.3. The Morgan fingerprint density at radius 3 is 2.82 bits per heavy atom. The fourth-order valence-corrected chi connectivity index (χ4v) is 1.57. The average molecular weight is 262 g/mol. The fraction of sp³-hybridized carbons (Fsp3) is 0.778. The lowest BCUT2D eigenvalue weighted by atomic mass is 10.4. The molecule has 1 heterocycles. The van der Waals surface area contributed by atoms with Crippen molar-refractivity contribution in [1.29, 1.82) is 0 Å². The standard InChI is InChI=1S/C9H18N4O3S/c1-14-5-6-15-3-2-4-16-7-8-9(11-10)17-13-12-8/h11H,2-7,10H2,1H3. The molecule has 0 aliphatic rings. The molecular weight excluding hydrogens is 244 g/mol. The normalized spacial score (nSPS) is 10.7. The van der Waals surface area contributed by atoms with E-state index in [1.54, 1.807) is 7.11 Å². The van der Waals surface area contributed by atoms with Gasteiger partial charge in [-0.1, -0.05) is 4.49 Å². The van der Waals surface area contributed by atoms with Gasteiger partial charge in [-0.25, -0.2) is 5.84 Å². The summed E-state index contributed by atoms with van der Waals surface area (Å²) in [5.74, 6) is 5.29. The van der Waals surface area contributed by atoms with E-state index in [2.05, 4.69) is 15.0 Å². The molecule has 1 aromatic rings. The van der Waals surface area contributed by atoms with Gasteiger partial charge in [-0.15, -0.1) is 5.10 Å². The van der Waals surface area contributed by atoms with E-state index in [4.69, 9.17) is 20.1 Å². The number of nitrogens with one attached hydrogen (secondary N) is 1. The van der Waals surface area contributed by atoms with Crippen molar-refractivity contribution in [2.75, 3.05) is 39.0 Å². The van der Waals surface area contributed by atoms with Gasteiger partial charge in [0.2, 0.25) is 0 Å². The minimum Gasteiger partial charge on any atom is -0.382 e. The van der Waals surface area contributed by atoms with Gasteiger partial charge in [0.1, 0.15) is 10.7 Å². The summed E-state index contributed by atoms with van der Waals surface area (Å²) in [7, 11) is 1.65. The number of ether oxygens (including phenoxy) is 3. The first-order chi connectivity index (χ1) is 8.38. The van der Waals surface area contributed by atoms with Crippen molar-refractivity contribution >= 4 is 16.5 Å². The van der Waals surface area contributed by atoms with Crippen molar-refractivity contribution in [3.63, 3.8) is 0 Å². The van der Waals surface area contributed by atoms with E-state index in [0.29, 0.717) is 33.0 Å². The second-order valence-electron chi connectivity index (χ2n) is 3.20. The third-order valence-corrected chi connectivity index (χ3v) is 2.63. The molecule has 0 spiro atoms. The summed E-state index contributed by atoms with van der Waals surface area (Å²) in [4.78, 5) is 0. The lowest BCUT2D eigenvalue weighted by molar-refractivity contribution is 0.0479. The van der Waals surface area contributed by atoms with Crippen LogP contribution in [-0.4, -0.2) is 43.1 Å². The van der Waals surface area contributed by atoms with Gasteiger partial charge < -0.3 is 19.6 Å². The maximum atomic E-state index is 5.42. The number of aromatic nitrogens is 2. The number of hydrogen-bond acceptors (Lipinski definition) is 8. The molecular formula is C9H18N4O3S. The maximum absolute atomic E-state index is 5.42. The van der Waals surface area contributed by atoms with E-state index in [9.17, 15) is 0 Å². The predicted molar refractivity (Wildman–Crippen MR) is 64.7 cm³/mol. The summed E-state index contributed by atoms with van der Waals surface area (Å²) in [6.45, 7) is 2.94. The van der Waals surface area contributed by atoms with Crippen molar-refractivity contribution in [2.45, 2.75) is 13.0 Å². The van der Waals surface area contributed by atoms with Crippen LogP contribution in [0.5, 0.6) is 0 Å². The molecule has 0 radical (unpaired) electrons. The number of nitrogens with zero attached hydrogens (tertiary/aromatic N) is 2. The Labute approximate surface area is 104 Å². The zero-order valence-corrected chi connectivity index (χ0v) is 10.7. The van der Waals surface area contributed by atoms with Gasteiger partial charge in [0.05, 0.1) is 19.8 Å². The molecule has 8 heteroatoms. The van der Waals surface area contributed by atoms with Gasteiger partial charge in [-0.3, -0.25) is 0 Å². The number of methoxy groups -OCH3 is 1. The smallest absolute Gasteiger partial charge is 0.149 e. The molecule has 0 saturated carbocycles. The third kappa shape index (κ3) is 5.89. The maximum Gasteiger partial charge on any atom is 0.149 e. The van der Waals surface area contributed by atoms with E-state index in [1.165, 1.54) is 11.5 Å². The topological polar surface area (TPSA) is 91.5 Å². The van der Waals surface area contributed by atoms with Crippen LogP contribution >= 0.6 is 11.5 Å². The highest BCUT2D eigenvalue weighted by atomic mass is 32.1. The van der Waals surface area contributed by atoms with Crippen LogP contribution in [-0.2, 0) is 20.8 Å². The molecule has 17 heavy (non-hydrogen) atoms. The lowest BCUT2D eigenvalue weighted by Gasteiger charge is -2.04. The second kappa shape index (κ2) is 9.25. The molecule has 0 bridgehead atoms. The number of rotatable bonds is 10. The molecule has 0 aliphatic carbocycles. The van der Waals surface area contributed by atoms with Crippen LogP contribution in [0.4, 0.5) is 5.00 Å². The molecule has 0 aromatic carbocycles. The molecule has 3 N–H and O–H groups in total. The van der Waals surface area contributed by atoms with Crippen molar-refractivity contribution in [2.24, 2.45) is 5.84 Å². The van der Waals surface area contributed by atoms with Crippen LogP contribution in [0.3, 0.4) is 0 Å². The van der Waals surface area contributed by atoms with E-state index < -0.39 is 0 Å². The van der Waals surface area contributed by atoms with Gasteiger partial charge in [-0.05, 0) is 6.42 Å². The first-order valence-electron chi connectivity index (χ1n) is 5.30. The molecule has 0 amide bonds. The van der Waals surface area contributed by atoms with Crippen molar-refractivity contribution < 1.29 is 14.2 Å². The molecule has 0 saturated heterocycles. The summed E-state index contributed by atoms with van der Waals surface area (Å²) in [5, 5.41) is 4.64. The fourth-order valence-electron chi connectivity index (χ4n) is 1.09. The Bertz CT molecular complexity index is 298. The summed E-state index contributed by atoms with van der Waals surface area (Å²) in [6, 6.07) is 0. The van der Waals surface area contributed by atoms with Crippen molar-refractivity contribution in [3.8, 4) is 0 Å². The minimum absolute atomic E-state index is 0.411. The quantitative estimate of drug-likeness (QED) is 0.358. The predicted octanol–water partition coefficient (Wildman–Crippen LogP) is 0.393. The van der Waals surface area contributed by atoms with Gasteiger partial charge in [-0.2, -0.15) is 0 Å². The van der Waals surface area contributed by atoms with Gasteiger partial charge in [0.15, 0.2) is 0 Å². The molecule has 0 aliphatic heterocycles. The minimum atomic E-state index is 0.411. The van der Waals surface area contributed by atoms with Crippen LogP contribution in [0.25, 0.3) is 0 Å². The van der Waals surface area contributed by atoms with Crippen LogP contribution in [0.2, 0.25) is 0 Å². The average Bonchev–Trinajstić information content (AvgIpc) is 2.80. The molecule has 0 unspecified atom stereocenters. The summed E-state index contributed by atoms with van der Waals surface area (Å²) >= 11 is 1.21. The van der Waals surface area contributed by atoms with E-state index in [-0.39, 0.29) is 0 Å². The van der Waals surface area contributed by atoms with E-state index in [1.807, 2.05) is 0 Å². The lowest BCUT2D eigenvalue weighted by Crippen LogP contribution is -2.09. The van der Waals surface area contributed by atoms with Crippen molar-refractivity contribution in [1.82, 2.24) is 9.59 Å². The first-order valence-corrected chi connectivity index (χ1v) is 6.08. The monoisotopic (exact) mass is 262 g/mol. The Morgan fingerprint density at radius 2 is 2.06 bits per heavy atom. The van der Waals surface area contributed by atoms with Gasteiger partial charge in [0.25, 0.3) is 0 Å². The second-order valence-corrected chi connectivity index (χ2v) is 3.96. The van der Waals surface area contributed by atoms with Gasteiger partial charge >= 0.3 is 0 Å². The Morgan fingerprint density at radius 1 is 1.24 bits per heavy atom. The van der Waals surface area contributed by atoms with E-state index >= 15 is 0 Å². The highest BCUT2D eigenvalue weighted by Gasteiger charge is 2.05. The van der Waals surface area contributed by atoms with Crippen LogP contribution in [0.1, 0.15) is 12.1 Å². The Balaban J connectivity index is 1.97. The molecule has 98 valence electrons. The zero-order valence-electron chi connectivity index (χ0n) is 9.85. The zero-order chi connectivity index (χ0) is 12.3. The Hall–Kier alpha value is -0.800. The molecule has 1 rings (SSSR count). The van der Waals surface area contributed by atoms with Gasteiger partial charge in [0, 0.05) is 31.9 Å². The van der Waals surface area contributed by atoms with Crippen LogP contribution in [0.15, 0.2) is 0 Å². The van der Waals surface area contributed by atoms with Crippen LogP contribution < -0.4 is 11.3 Å². The summed E-state index contributed by atoms with van der Waals surface area (Å²) in [5.41, 5.74) is 3.26. The SMILES string of the molecule is COCCOCCCOCc1nnsc1NN. The number of nitrogen functional groups attached to an aromatic ring is 1. The molecule has 7 nitrogen and oxygen atoms in total. The highest BCUT2D eigenvalue weighted by molar-refractivity contribution is 7.10. The van der Waals surface area contributed by atoms with E-state index in [0.717, 1.165) is 17.1 Å². The Kier molecular flexibility index (Phi) is 7.76. The molecule has 0 atom stereocenters. The van der Waals surface area contributed by atoms with Crippen molar-refractivity contribution in [3.05, 3.63) is 5.69 Å². The highest BCUT2D eigenvalue weighted by Crippen LogP contribution is 2.16. The number of hydrazine groups is 1. The number of hydrogen-bond donors (Lipinski definition) is 2. The number of nitrogens with two attached hydrogens (primary N) is 1. The largest absolute Gasteiger partial charge is 0.382 e. The summed E-state index contributed by atoms with van der Waals surface area (Å²) < 4.78 is 19.3. The molecule has 1 aromatic heterocycles. The van der Waals surface area contributed by atoms with Crippen LogP contribution in [0, 0.1) is 0 Å². The summed E-state index contributed by atoms with van der Waals surface area (Å²) in [6.07, 6.45) is 0.840. The molecule has 0 fully saturated rings. The number of anilines is 1.